The number of nitrogens with zero attached hydrogens (tertiary/aromatic N) is 5. The lowest BCUT2D eigenvalue weighted by Gasteiger charge is -2.24. The van der Waals surface area contributed by atoms with Crippen molar-refractivity contribution in [2.75, 3.05) is 56.2 Å². The topological polar surface area (TPSA) is 109 Å². The van der Waals surface area contributed by atoms with E-state index in [2.05, 4.69) is 27.7 Å². The molecule has 0 radical (unpaired) electrons. The molecule has 2 aromatic heterocycles. The highest BCUT2D eigenvalue weighted by molar-refractivity contribution is 7.95. The monoisotopic (exact) mass is 508 g/mol. The van der Waals surface area contributed by atoms with E-state index >= 15 is 0 Å². The van der Waals surface area contributed by atoms with Crippen LogP contribution in [0.15, 0.2) is 36.4 Å². The minimum Gasteiger partial charge on any atom is -0.494 e. The van der Waals surface area contributed by atoms with Crippen LogP contribution >= 0.6 is 0 Å². The van der Waals surface area contributed by atoms with Crippen molar-refractivity contribution >= 4 is 26.9 Å². The third-order valence-corrected chi connectivity index (χ3v) is 7.81. The van der Waals surface area contributed by atoms with E-state index in [0.29, 0.717) is 40.3 Å². The molecule has 34 heavy (non-hydrogen) atoms. The molecule has 1 aromatic carbocycles. The first-order valence-corrected chi connectivity index (χ1v) is 14.3. The summed E-state index contributed by atoms with van der Waals surface area (Å²) in [4.78, 5) is 4.49. The number of aromatic nitrogens is 4. The van der Waals surface area contributed by atoms with Crippen molar-refractivity contribution in [3.8, 4) is 34.6 Å². The van der Waals surface area contributed by atoms with Crippen LogP contribution in [0.4, 0.5) is 5.95 Å². The molecule has 0 amide bonds. The first kappa shape index (κ1) is 25.6. The van der Waals surface area contributed by atoms with E-state index in [0.717, 1.165) is 0 Å². The number of pyridine rings is 1. The van der Waals surface area contributed by atoms with Crippen LogP contribution in [0, 0.1) is 0 Å². The number of sulfonamides is 1. The lowest BCUT2D eigenvalue weighted by Crippen LogP contribution is -2.38. The van der Waals surface area contributed by atoms with Crippen LogP contribution in [-0.4, -0.2) is 80.1 Å². The van der Waals surface area contributed by atoms with Crippen molar-refractivity contribution in [2.24, 2.45) is 0 Å². The molecular formula is C22H30N5O5S2+. The van der Waals surface area contributed by atoms with Gasteiger partial charge in [-0.05, 0) is 36.0 Å². The fourth-order valence-electron chi connectivity index (χ4n) is 3.30. The van der Waals surface area contributed by atoms with Gasteiger partial charge in [-0.2, -0.15) is 0 Å². The van der Waals surface area contributed by atoms with Crippen LogP contribution in [0.2, 0.25) is 0 Å². The molecule has 0 N–H and O–H groups in total. The van der Waals surface area contributed by atoms with Gasteiger partial charge >= 0.3 is 0 Å². The fourth-order valence-corrected chi connectivity index (χ4v) is 5.01. The normalized spacial score (nSPS) is 11.5. The molecule has 3 rings (SSSR count). The number of rotatable bonds is 11. The highest BCUT2D eigenvalue weighted by atomic mass is 32.2. The molecule has 0 spiro atoms. The summed E-state index contributed by atoms with van der Waals surface area (Å²) in [5.41, 5.74) is 0.918. The summed E-state index contributed by atoms with van der Waals surface area (Å²) in [6.07, 6.45) is 4.13. The summed E-state index contributed by atoms with van der Waals surface area (Å²) in [6.45, 7) is 1.86. The molecule has 184 valence electrons. The van der Waals surface area contributed by atoms with Gasteiger partial charge in [0.25, 0.3) is 0 Å². The van der Waals surface area contributed by atoms with Gasteiger partial charge in [-0.1, -0.05) is 12.1 Å². The van der Waals surface area contributed by atoms with Gasteiger partial charge in [0, 0.05) is 6.07 Å². The Kier molecular flexibility index (Phi) is 8.26. The van der Waals surface area contributed by atoms with Gasteiger partial charge < -0.3 is 14.2 Å². The van der Waals surface area contributed by atoms with E-state index in [1.54, 1.807) is 47.9 Å². The third-order valence-electron chi connectivity index (χ3n) is 5.06. The summed E-state index contributed by atoms with van der Waals surface area (Å²) in [5.74, 6) is 2.35. The molecule has 0 bridgehead atoms. The second kappa shape index (κ2) is 11.0. The first-order valence-electron chi connectivity index (χ1n) is 10.5. The van der Waals surface area contributed by atoms with Crippen molar-refractivity contribution in [2.45, 2.75) is 6.92 Å². The third kappa shape index (κ3) is 5.22. The molecule has 0 fully saturated rings. The maximum Gasteiger partial charge on any atom is 0.246 e. The lowest BCUT2D eigenvalue weighted by molar-refractivity contribution is 0.391. The van der Waals surface area contributed by atoms with E-state index in [1.165, 1.54) is 25.6 Å². The van der Waals surface area contributed by atoms with Gasteiger partial charge in [0.2, 0.25) is 21.9 Å². The molecule has 0 saturated carbocycles. The Labute approximate surface area is 203 Å². The number of anilines is 1. The molecule has 0 unspecified atom stereocenters. The van der Waals surface area contributed by atoms with Crippen LogP contribution in [0.5, 0.6) is 17.4 Å². The van der Waals surface area contributed by atoms with Gasteiger partial charge in [0.1, 0.15) is 28.6 Å². The van der Waals surface area contributed by atoms with E-state index in [1.807, 2.05) is 0 Å². The molecule has 0 aliphatic carbocycles. The predicted octanol–water partition coefficient (Wildman–Crippen LogP) is 2.39. The summed E-state index contributed by atoms with van der Waals surface area (Å²) < 4.78 is 45.9. The number of para-hydroxylation sites is 1. The number of benzene rings is 1. The molecule has 2 heterocycles. The van der Waals surface area contributed by atoms with E-state index in [-0.39, 0.29) is 29.1 Å². The largest absolute Gasteiger partial charge is 0.494 e. The Morgan fingerprint density at radius 2 is 1.62 bits per heavy atom. The molecular weight excluding hydrogens is 478 g/mol. The highest BCUT2D eigenvalue weighted by Crippen LogP contribution is 2.38. The minimum atomic E-state index is -3.67. The Balaban J connectivity index is 2.38. The molecule has 3 aromatic rings. The molecule has 12 heteroatoms. The second-order valence-electron chi connectivity index (χ2n) is 7.40. The Hall–Kier alpha value is -2.99. The van der Waals surface area contributed by atoms with Crippen molar-refractivity contribution in [3.63, 3.8) is 0 Å². The van der Waals surface area contributed by atoms with E-state index in [4.69, 9.17) is 14.2 Å². The van der Waals surface area contributed by atoms with Gasteiger partial charge in [-0.3, -0.25) is 4.57 Å². The highest BCUT2D eigenvalue weighted by Gasteiger charge is 2.32. The van der Waals surface area contributed by atoms with Crippen LogP contribution in [0.25, 0.3) is 17.2 Å². The van der Waals surface area contributed by atoms with Crippen molar-refractivity contribution in [1.82, 2.24) is 19.7 Å². The number of methoxy groups -OCH3 is 3. The van der Waals surface area contributed by atoms with Gasteiger partial charge in [0.15, 0.2) is 5.82 Å². The Morgan fingerprint density at radius 1 is 0.971 bits per heavy atom. The van der Waals surface area contributed by atoms with Crippen molar-refractivity contribution < 1.29 is 22.6 Å². The van der Waals surface area contributed by atoms with Crippen LogP contribution in [-0.2, 0) is 20.9 Å². The summed E-state index contributed by atoms with van der Waals surface area (Å²) in [5, 5.41) is 8.70. The van der Waals surface area contributed by atoms with Gasteiger partial charge in [0.05, 0.1) is 46.1 Å². The van der Waals surface area contributed by atoms with Crippen molar-refractivity contribution in [3.05, 3.63) is 36.4 Å². The smallest absolute Gasteiger partial charge is 0.246 e. The molecule has 0 aliphatic heterocycles. The van der Waals surface area contributed by atoms with Crippen LogP contribution in [0.3, 0.4) is 0 Å². The first-order chi connectivity index (χ1) is 16.3. The Bertz CT molecular complexity index is 1210. The zero-order valence-electron chi connectivity index (χ0n) is 20.2. The molecule has 0 aliphatic rings. The van der Waals surface area contributed by atoms with Crippen LogP contribution < -0.4 is 18.5 Å². The summed E-state index contributed by atoms with van der Waals surface area (Å²) >= 11 is 0. The van der Waals surface area contributed by atoms with E-state index < -0.39 is 10.0 Å². The van der Waals surface area contributed by atoms with E-state index in [9.17, 15) is 8.42 Å². The average Bonchev–Trinajstić information content (AvgIpc) is 3.27. The molecule has 0 atom stereocenters. The number of ether oxygens (including phenoxy) is 3. The SMILES string of the molecule is CCS(=O)(=O)N(CC[S+](C)C)c1nnc(-c2cccc(OC)n2)n1-c1c(OC)cccc1OC. The summed E-state index contributed by atoms with van der Waals surface area (Å²) in [6, 6.07) is 10.6. The summed E-state index contributed by atoms with van der Waals surface area (Å²) in [7, 11) is 0.932. The Morgan fingerprint density at radius 3 is 2.18 bits per heavy atom. The maximum absolute atomic E-state index is 13.2. The second-order valence-corrected chi connectivity index (χ2v) is 12.0. The standard InChI is InChI=1S/C22H30N5O5S2/c1-7-34(28,29)26(14-15-33(5)6)22-25-24-21(16-10-8-13-19(23-16)32-4)27(22)20-17(30-2)11-9-12-18(20)31-3/h8-13H,7,14-15H2,1-6H3/q+1. The van der Waals surface area contributed by atoms with Gasteiger partial charge in [-0.15, -0.1) is 10.2 Å². The predicted molar refractivity (Wildman–Crippen MR) is 135 cm³/mol. The van der Waals surface area contributed by atoms with Crippen LogP contribution in [0.1, 0.15) is 6.92 Å². The fraction of sp³-hybridized carbons (Fsp3) is 0.409. The minimum absolute atomic E-state index is 0.0148. The quantitative estimate of drug-likeness (QED) is 0.363. The number of hydrogen-bond donors (Lipinski definition) is 0. The number of hydrogen-bond acceptors (Lipinski definition) is 8. The molecule has 0 saturated heterocycles. The lowest BCUT2D eigenvalue weighted by atomic mass is 10.2. The van der Waals surface area contributed by atoms with Crippen molar-refractivity contribution in [1.29, 1.82) is 0 Å². The average molecular weight is 509 g/mol. The zero-order chi connectivity index (χ0) is 24.9. The molecule has 10 nitrogen and oxygen atoms in total. The zero-order valence-corrected chi connectivity index (χ0v) is 21.8. The van der Waals surface area contributed by atoms with Gasteiger partial charge in [-0.25, -0.2) is 17.7 Å². The maximum atomic E-state index is 13.2.